The number of ether oxygens (including phenoxy) is 1. The molecule has 0 aromatic carbocycles. The molecule has 1 aliphatic heterocycles. The lowest BCUT2D eigenvalue weighted by molar-refractivity contribution is -0.0230. The van der Waals surface area contributed by atoms with Crippen LogP contribution in [0.15, 0.2) is 0 Å². The van der Waals surface area contributed by atoms with Crippen molar-refractivity contribution in [2.75, 3.05) is 26.2 Å². The Morgan fingerprint density at radius 2 is 1.79 bits per heavy atom. The first-order valence-electron chi connectivity index (χ1n) is 6.00. The first-order valence-corrected chi connectivity index (χ1v) is 6.00. The molecule has 1 saturated heterocycles. The zero-order valence-electron chi connectivity index (χ0n) is 10.0. The van der Waals surface area contributed by atoms with Gasteiger partial charge in [-0.3, -0.25) is 0 Å². The molecular weight excluding hydrogens is 174 g/mol. The third-order valence-corrected chi connectivity index (χ3v) is 3.01. The second-order valence-corrected chi connectivity index (χ2v) is 4.85. The van der Waals surface area contributed by atoms with Gasteiger partial charge in [-0.05, 0) is 53.1 Å². The summed E-state index contributed by atoms with van der Waals surface area (Å²) in [6.07, 6.45) is 5.34. The van der Waals surface area contributed by atoms with Gasteiger partial charge in [-0.15, -0.1) is 0 Å². The van der Waals surface area contributed by atoms with Crippen LogP contribution in [0.1, 0.15) is 46.5 Å². The summed E-state index contributed by atoms with van der Waals surface area (Å²) in [5.74, 6) is 0. The summed E-state index contributed by atoms with van der Waals surface area (Å²) < 4.78 is 5.69. The van der Waals surface area contributed by atoms with E-state index in [-0.39, 0.29) is 5.60 Å². The van der Waals surface area contributed by atoms with Crippen molar-refractivity contribution in [1.82, 2.24) is 4.90 Å². The van der Waals surface area contributed by atoms with Crippen molar-refractivity contribution in [3.8, 4) is 0 Å². The molecule has 0 amide bonds. The third kappa shape index (κ3) is 4.43. The van der Waals surface area contributed by atoms with E-state index in [2.05, 4.69) is 25.7 Å². The molecular formula is C12H25NO. The van der Waals surface area contributed by atoms with Gasteiger partial charge in [-0.2, -0.15) is 0 Å². The molecule has 2 nitrogen and oxygen atoms in total. The molecule has 0 aromatic rings. The number of piperidine rings is 1. The molecule has 0 unspecified atom stereocenters. The van der Waals surface area contributed by atoms with Gasteiger partial charge in [-0.1, -0.05) is 6.42 Å². The molecule has 1 fully saturated rings. The summed E-state index contributed by atoms with van der Waals surface area (Å²) in [4.78, 5) is 2.57. The Labute approximate surface area is 88.6 Å². The normalized spacial score (nSPS) is 19.9. The van der Waals surface area contributed by atoms with Crippen molar-refractivity contribution in [3.63, 3.8) is 0 Å². The monoisotopic (exact) mass is 199 g/mol. The van der Waals surface area contributed by atoms with Crippen LogP contribution in [-0.4, -0.2) is 36.7 Å². The first kappa shape index (κ1) is 12.0. The van der Waals surface area contributed by atoms with Crippen molar-refractivity contribution in [2.45, 2.75) is 52.1 Å². The summed E-state index contributed by atoms with van der Waals surface area (Å²) in [5, 5.41) is 0. The van der Waals surface area contributed by atoms with E-state index < -0.39 is 0 Å². The van der Waals surface area contributed by atoms with E-state index in [4.69, 9.17) is 4.74 Å². The van der Waals surface area contributed by atoms with Gasteiger partial charge in [0.25, 0.3) is 0 Å². The van der Waals surface area contributed by atoms with Gasteiger partial charge < -0.3 is 9.64 Å². The van der Waals surface area contributed by atoms with Crippen LogP contribution < -0.4 is 0 Å². The van der Waals surface area contributed by atoms with E-state index in [1.165, 1.54) is 38.9 Å². The van der Waals surface area contributed by atoms with Crippen molar-refractivity contribution in [3.05, 3.63) is 0 Å². The van der Waals surface area contributed by atoms with Gasteiger partial charge in [0.1, 0.15) is 0 Å². The fraction of sp³-hybridized carbons (Fsp3) is 1.00. The predicted molar refractivity (Wildman–Crippen MR) is 60.6 cm³/mol. The van der Waals surface area contributed by atoms with Crippen LogP contribution in [0.3, 0.4) is 0 Å². The van der Waals surface area contributed by atoms with E-state index in [1.807, 2.05) is 0 Å². The van der Waals surface area contributed by atoms with Crippen LogP contribution in [0, 0.1) is 0 Å². The number of hydrogen-bond acceptors (Lipinski definition) is 2. The molecule has 0 atom stereocenters. The summed E-state index contributed by atoms with van der Waals surface area (Å²) in [7, 11) is 0. The third-order valence-electron chi connectivity index (χ3n) is 3.01. The first-order chi connectivity index (χ1) is 6.64. The molecule has 0 saturated carbocycles. The lowest BCUT2D eigenvalue weighted by Crippen LogP contribution is -2.35. The second-order valence-electron chi connectivity index (χ2n) is 4.85. The maximum Gasteiger partial charge on any atom is 0.0638 e. The van der Waals surface area contributed by atoms with Gasteiger partial charge >= 0.3 is 0 Å². The fourth-order valence-corrected chi connectivity index (χ4v) is 2.07. The number of rotatable bonds is 5. The zero-order valence-corrected chi connectivity index (χ0v) is 10.0. The predicted octanol–water partition coefficient (Wildman–Crippen LogP) is 2.68. The number of likely N-dealkylation sites (tertiary alicyclic amines) is 1. The lowest BCUT2D eigenvalue weighted by Gasteiger charge is -2.31. The van der Waals surface area contributed by atoms with Crippen molar-refractivity contribution >= 4 is 0 Å². The molecule has 0 spiro atoms. The van der Waals surface area contributed by atoms with E-state index >= 15 is 0 Å². The molecule has 0 aliphatic carbocycles. The standard InChI is InChI=1S/C12H25NO/c1-4-14-12(2,3)8-11-13-9-6-5-7-10-13/h4-11H2,1-3H3. The summed E-state index contributed by atoms with van der Waals surface area (Å²) in [5.41, 5.74) is 0.0617. The zero-order chi connectivity index (χ0) is 10.4. The quantitative estimate of drug-likeness (QED) is 0.675. The van der Waals surface area contributed by atoms with Gasteiger partial charge in [0.15, 0.2) is 0 Å². The minimum atomic E-state index is 0.0617. The van der Waals surface area contributed by atoms with E-state index in [9.17, 15) is 0 Å². The van der Waals surface area contributed by atoms with E-state index in [1.54, 1.807) is 0 Å². The molecule has 0 radical (unpaired) electrons. The molecule has 2 heteroatoms. The maximum atomic E-state index is 5.69. The van der Waals surface area contributed by atoms with Crippen LogP contribution >= 0.6 is 0 Å². The van der Waals surface area contributed by atoms with Crippen molar-refractivity contribution in [1.29, 1.82) is 0 Å². The second kappa shape index (κ2) is 5.72. The average molecular weight is 199 g/mol. The highest BCUT2D eigenvalue weighted by atomic mass is 16.5. The maximum absolute atomic E-state index is 5.69. The minimum absolute atomic E-state index is 0.0617. The Bertz CT molecular complexity index is 150. The highest BCUT2D eigenvalue weighted by molar-refractivity contribution is 4.73. The van der Waals surface area contributed by atoms with Gasteiger partial charge in [0, 0.05) is 13.2 Å². The molecule has 1 aliphatic rings. The van der Waals surface area contributed by atoms with Crippen LogP contribution in [0.5, 0.6) is 0 Å². The number of nitrogens with zero attached hydrogens (tertiary/aromatic N) is 1. The Kier molecular flexibility index (Phi) is 4.90. The molecule has 0 aromatic heterocycles. The van der Waals surface area contributed by atoms with Crippen molar-refractivity contribution in [2.24, 2.45) is 0 Å². The van der Waals surface area contributed by atoms with E-state index in [0.29, 0.717) is 0 Å². The van der Waals surface area contributed by atoms with Crippen LogP contribution in [0.25, 0.3) is 0 Å². The highest BCUT2D eigenvalue weighted by Crippen LogP contribution is 2.17. The van der Waals surface area contributed by atoms with Crippen molar-refractivity contribution < 1.29 is 4.74 Å². The van der Waals surface area contributed by atoms with Gasteiger partial charge in [0.05, 0.1) is 5.60 Å². The molecule has 14 heavy (non-hydrogen) atoms. The molecule has 0 N–H and O–H groups in total. The lowest BCUT2D eigenvalue weighted by atomic mass is 10.0. The smallest absolute Gasteiger partial charge is 0.0638 e. The van der Waals surface area contributed by atoms with Gasteiger partial charge in [-0.25, -0.2) is 0 Å². The summed E-state index contributed by atoms with van der Waals surface area (Å²) in [6, 6.07) is 0. The van der Waals surface area contributed by atoms with E-state index in [0.717, 1.165) is 13.0 Å². The largest absolute Gasteiger partial charge is 0.376 e. The fourth-order valence-electron chi connectivity index (χ4n) is 2.07. The highest BCUT2D eigenvalue weighted by Gasteiger charge is 2.19. The Balaban J connectivity index is 2.17. The molecule has 84 valence electrons. The number of hydrogen-bond donors (Lipinski definition) is 0. The van der Waals surface area contributed by atoms with Crippen LogP contribution in [0.2, 0.25) is 0 Å². The Morgan fingerprint density at radius 3 is 2.36 bits per heavy atom. The van der Waals surface area contributed by atoms with Crippen LogP contribution in [0.4, 0.5) is 0 Å². The van der Waals surface area contributed by atoms with Crippen LogP contribution in [-0.2, 0) is 4.74 Å². The summed E-state index contributed by atoms with van der Waals surface area (Å²) >= 11 is 0. The minimum Gasteiger partial charge on any atom is -0.376 e. The summed E-state index contributed by atoms with van der Waals surface area (Å²) in [6.45, 7) is 11.1. The Morgan fingerprint density at radius 1 is 1.14 bits per heavy atom. The topological polar surface area (TPSA) is 12.5 Å². The van der Waals surface area contributed by atoms with Gasteiger partial charge in [0.2, 0.25) is 0 Å². The molecule has 0 bridgehead atoms. The molecule has 1 rings (SSSR count). The molecule has 1 heterocycles. The SMILES string of the molecule is CCOC(C)(C)CCN1CCCCC1. The average Bonchev–Trinajstić information content (AvgIpc) is 2.17. The Hall–Kier alpha value is -0.0800.